The van der Waals surface area contributed by atoms with Crippen molar-refractivity contribution in [2.75, 3.05) is 45.8 Å². The molecule has 0 atom stereocenters. The highest BCUT2D eigenvalue weighted by atomic mass is 16.5. The highest BCUT2D eigenvalue weighted by Crippen LogP contribution is 2.28. The molecule has 2 rings (SSSR count). The molecular weight excluding hydrogens is 414 g/mol. The number of nitrogens with one attached hydrogen (secondary N) is 2. The van der Waals surface area contributed by atoms with Crippen molar-refractivity contribution in [1.82, 2.24) is 10.2 Å². The first-order chi connectivity index (χ1) is 15.4. The predicted molar refractivity (Wildman–Crippen MR) is 120 cm³/mol. The Labute approximate surface area is 187 Å². The number of likely N-dealkylation sites (N-methyl/N-ethyl adjacent to an activating group) is 1. The average molecular weight is 444 g/mol. The zero-order valence-electron chi connectivity index (χ0n) is 18.8. The molecule has 0 aliphatic heterocycles. The summed E-state index contributed by atoms with van der Waals surface area (Å²) in [7, 11) is 3.02. The Morgan fingerprint density at radius 2 is 1.69 bits per heavy atom. The topological polar surface area (TPSA) is 106 Å². The van der Waals surface area contributed by atoms with Crippen LogP contribution < -0.4 is 24.8 Å². The van der Waals surface area contributed by atoms with Crippen molar-refractivity contribution in [2.24, 2.45) is 0 Å². The third kappa shape index (κ3) is 7.19. The zero-order valence-corrected chi connectivity index (χ0v) is 18.8. The smallest absolute Gasteiger partial charge is 0.251 e. The summed E-state index contributed by atoms with van der Waals surface area (Å²) in [5.41, 5.74) is 0.896. The summed E-state index contributed by atoms with van der Waals surface area (Å²) in [5.74, 6) is 0.403. The van der Waals surface area contributed by atoms with Crippen molar-refractivity contribution in [3.05, 3.63) is 48.0 Å². The van der Waals surface area contributed by atoms with Gasteiger partial charge in [-0.3, -0.25) is 14.4 Å². The standard InChI is InChI=1S/C23H29N3O6/c1-5-31-19-11-10-16(12-20(19)32-6-2)23(29)24-14-22(28)26(3)15-21(27)25-17-8-7-9-18(13-17)30-4/h7-13H,5-6,14-15H2,1-4H3,(H,24,29)(H,25,27). The maximum Gasteiger partial charge on any atom is 0.251 e. The van der Waals surface area contributed by atoms with Gasteiger partial charge in [0.05, 0.1) is 33.4 Å². The fourth-order valence-electron chi connectivity index (χ4n) is 2.79. The third-order valence-electron chi connectivity index (χ3n) is 4.37. The lowest BCUT2D eigenvalue weighted by molar-refractivity contribution is -0.132. The molecule has 0 radical (unpaired) electrons. The molecule has 2 aromatic rings. The highest BCUT2D eigenvalue weighted by Gasteiger charge is 2.16. The number of amides is 3. The number of hydrogen-bond acceptors (Lipinski definition) is 6. The lowest BCUT2D eigenvalue weighted by Gasteiger charge is -2.17. The third-order valence-corrected chi connectivity index (χ3v) is 4.37. The Hall–Kier alpha value is -3.75. The number of rotatable bonds is 11. The van der Waals surface area contributed by atoms with Crippen LogP contribution in [0, 0.1) is 0 Å². The maximum atomic E-state index is 12.5. The van der Waals surface area contributed by atoms with Gasteiger partial charge in [-0.2, -0.15) is 0 Å². The van der Waals surface area contributed by atoms with Gasteiger partial charge in [0.2, 0.25) is 11.8 Å². The number of methoxy groups -OCH3 is 1. The summed E-state index contributed by atoms with van der Waals surface area (Å²) in [4.78, 5) is 38.2. The molecule has 0 bridgehead atoms. The fourth-order valence-corrected chi connectivity index (χ4v) is 2.79. The van der Waals surface area contributed by atoms with E-state index in [1.165, 1.54) is 19.1 Å². The molecule has 0 spiro atoms. The minimum absolute atomic E-state index is 0.163. The van der Waals surface area contributed by atoms with Crippen LogP contribution in [0.5, 0.6) is 17.2 Å². The number of anilines is 1. The van der Waals surface area contributed by atoms with E-state index in [4.69, 9.17) is 14.2 Å². The number of nitrogens with zero attached hydrogens (tertiary/aromatic N) is 1. The van der Waals surface area contributed by atoms with E-state index in [9.17, 15) is 14.4 Å². The molecule has 0 unspecified atom stereocenters. The molecule has 172 valence electrons. The van der Waals surface area contributed by atoms with Crippen LogP contribution in [0.15, 0.2) is 42.5 Å². The van der Waals surface area contributed by atoms with Crippen molar-refractivity contribution in [1.29, 1.82) is 0 Å². The van der Waals surface area contributed by atoms with Crippen LogP contribution in [-0.2, 0) is 9.59 Å². The summed E-state index contributed by atoms with van der Waals surface area (Å²) in [6.07, 6.45) is 0. The van der Waals surface area contributed by atoms with Crippen molar-refractivity contribution in [3.63, 3.8) is 0 Å². The monoisotopic (exact) mass is 443 g/mol. The van der Waals surface area contributed by atoms with E-state index in [1.807, 2.05) is 13.8 Å². The van der Waals surface area contributed by atoms with E-state index in [0.717, 1.165) is 0 Å². The molecule has 0 aliphatic rings. The van der Waals surface area contributed by atoms with E-state index in [2.05, 4.69) is 10.6 Å². The number of carbonyl (C=O) groups excluding carboxylic acids is 3. The van der Waals surface area contributed by atoms with Gasteiger partial charge in [0.1, 0.15) is 5.75 Å². The summed E-state index contributed by atoms with van der Waals surface area (Å²) >= 11 is 0. The fraction of sp³-hybridized carbons (Fsp3) is 0.348. The van der Waals surface area contributed by atoms with Gasteiger partial charge in [-0.1, -0.05) is 6.07 Å². The Bertz CT molecular complexity index is 947. The minimum Gasteiger partial charge on any atom is -0.497 e. The normalized spacial score (nSPS) is 10.1. The molecule has 0 heterocycles. The molecule has 9 heteroatoms. The second kappa shape index (κ2) is 12.2. The summed E-state index contributed by atoms with van der Waals surface area (Å²) in [5, 5.41) is 5.26. The molecule has 0 fully saturated rings. The van der Waals surface area contributed by atoms with Crippen LogP contribution in [0.1, 0.15) is 24.2 Å². The maximum absolute atomic E-state index is 12.5. The first kappa shape index (κ1) is 24.5. The largest absolute Gasteiger partial charge is 0.497 e. The molecule has 32 heavy (non-hydrogen) atoms. The van der Waals surface area contributed by atoms with Crippen LogP contribution in [0.4, 0.5) is 5.69 Å². The molecule has 0 aliphatic carbocycles. The van der Waals surface area contributed by atoms with Crippen LogP contribution in [0.3, 0.4) is 0 Å². The van der Waals surface area contributed by atoms with Gasteiger partial charge in [0, 0.05) is 24.4 Å². The Kier molecular flexibility index (Phi) is 9.34. The molecule has 0 aromatic heterocycles. The number of hydrogen-bond donors (Lipinski definition) is 2. The second-order valence-electron chi connectivity index (χ2n) is 6.74. The molecule has 9 nitrogen and oxygen atoms in total. The van der Waals surface area contributed by atoms with E-state index in [1.54, 1.807) is 42.5 Å². The van der Waals surface area contributed by atoms with Crippen LogP contribution in [0.2, 0.25) is 0 Å². The molecule has 0 saturated heterocycles. The van der Waals surface area contributed by atoms with Crippen molar-refractivity contribution >= 4 is 23.4 Å². The Morgan fingerprint density at radius 3 is 2.38 bits per heavy atom. The number of benzene rings is 2. The van der Waals surface area contributed by atoms with E-state index in [0.29, 0.717) is 41.7 Å². The van der Waals surface area contributed by atoms with Gasteiger partial charge in [-0.05, 0) is 44.2 Å². The number of ether oxygens (including phenoxy) is 3. The molecule has 2 N–H and O–H groups in total. The molecule has 3 amide bonds. The van der Waals surface area contributed by atoms with Gasteiger partial charge < -0.3 is 29.7 Å². The first-order valence-electron chi connectivity index (χ1n) is 10.2. The lowest BCUT2D eigenvalue weighted by atomic mass is 10.2. The van der Waals surface area contributed by atoms with Gasteiger partial charge in [-0.15, -0.1) is 0 Å². The molecular formula is C23H29N3O6. The SMILES string of the molecule is CCOc1ccc(C(=O)NCC(=O)N(C)CC(=O)Nc2cccc(OC)c2)cc1OCC. The van der Waals surface area contributed by atoms with Crippen LogP contribution in [-0.4, -0.2) is 63.1 Å². The average Bonchev–Trinajstić information content (AvgIpc) is 2.78. The van der Waals surface area contributed by atoms with Gasteiger partial charge in [0.25, 0.3) is 5.91 Å². The van der Waals surface area contributed by atoms with Crippen molar-refractivity contribution in [2.45, 2.75) is 13.8 Å². The Morgan fingerprint density at radius 1 is 0.969 bits per heavy atom. The van der Waals surface area contributed by atoms with Crippen LogP contribution in [0.25, 0.3) is 0 Å². The lowest BCUT2D eigenvalue weighted by Crippen LogP contribution is -2.41. The highest BCUT2D eigenvalue weighted by molar-refractivity contribution is 5.98. The number of carbonyl (C=O) groups is 3. The Balaban J connectivity index is 1.88. The van der Waals surface area contributed by atoms with E-state index < -0.39 is 11.8 Å². The first-order valence-corrected chi connectivity index (χ1v) is 10.2. The van der Waals surface area contributed by atoms with Gasteiger partial charge in [0.15, 0.2) is 11.5 Å². The summed E-state index contributed by atoms with van der Waals surface area (Å²) in [6.45, 7) is 4.17. The van der Waals surface area contributed by atoms with E-state index >= 15 is 0 Å². The van der Waals surface area contributed by atoms with Gasteiger partial charge in [-0.25, -0.2) is 0 Å². The minimum atomic E-state index is -0.434. The molecule has 0 saturated carbocycles. The van der Waals surface area contributed by atoms with E-state index in [-0.39, 0.29) is 19.0 Å². The van der Waals surface area contributed by atoms with Gasteiger partial charge >= 0.3 is 0 Å². The molecule has 2 aromatic carbocycles. The quantitative estimate of drug-likeness (QED) is 0.552. The summed E-state index contributed by atoms with van der Waals surface area (Å²) < 4.78 is 16.1. The van der Waals surface area contributed by atoms with Crippen molar-refractivity contribution in [3.8, 4) is 17.2 Å². The van der Waals surface area contributed by atoms with Crippen molar-refractivity contribution < 1.29 is 28.6 Å². The zero-order chi connectivity index (χ0) is 23.5. The summed E-state index contributed by atoms with van der Waals surface area (Å²) in [6, 6.07) is 11.7. The predicted octanol–water partition coefficient (Wildman–Crippen LogP) is 2.32. The second-order valence-corrected chi connectivity index (χ2v) is 6.74. The van der Waals surface area contributed by atoms with Crippen LogP contribution >= 0.6 is 0 Å².